The van der Waals surface area contributed by atoms with Crippen LogP contribution in [0.3, 0.4) is 0 Å². The predicted molar refractivity (Wildman–Crippen MR) is 141 cm³/mol. The Morgan fingerprint density at radius 2 is 1.31 bits per heavy atom. The van der Waals surface area contributed by atoms with E-state index >= 15 is 0 Å². The van der Waals surface area contributed by atoms with Crippen LogP contribution in [0.2, 0.25) is 0 Å². The molecule has 0 bridgehead atoms. The van der Waals surface area contributed by atoms with E-state index in [2.05, 4.69) is 35.9 Å². The van der Waals surface area contributed by atoms with Crippen LogP contribution >= 0.6 is 0 Å². The van der Waals surface area contributed by atoms with Crippen molar-refractivity contribution in [2.75, 3.05) is 0 Å². The van der Waals surface area contributed by atoms with Crippen LogP contribution in [0, 0.1) is 23.6 Å². The van der Waals surface area contributed by atoms with E-state index in [-0.39, 0.29) is 0 Å². The molecule has 36 heavy (non-hydrogen) atoms. The molecule has 2 aliphatic carbocycles. The minimum atomic E-state index is -3.01. The van der Waals surface area contributed by atoms with Gasteiger partial charge in [0.15, 0.2) is 11.6 Å². The first-order valence-corrected chi connectivity index (χ1v) is 14.3. The van der Waals surface area contributed by atoms with Crippen molar-refractivity contribution in [3.63, 3.8) is 0 Å². The van der Waals surface area contributed by atoms with Crippen LogP contribution in [0.4, 0.5) is 13.2 Å². The monoisotopic (exact) mass is 500 g/mol. The molecule has 1 nitrogen and oxygen atoms in total. The van der Waals surface area contributed by atoms with Gasteiger partial charge in [-0.15, -0.1) is 0 Å². The molecule has 0 atom stereocenters. The Labute approximate surface area is 215 Å². The maximum Gasteiger partial charge on any atom is 0.387 e. The molecule has 2 aromatic rings. The lowest BCUT2D eigenvalue weighted by atomic mass is 9.76. The third-order valence-corrected chi connectivity index (χ3v) is 8.82. The smallest absolute Gasteiger partial charge is 0.387 e. The summed E-state index contributed by atoms with van der Waals surface area (Å²) < 4.78 is 42.7. The molecule has 0 spiro atoms. The molecule has 198 valence electrons. The third-order valence-electron chi connectivity index (χ3n) is 8.82. The summed E-state index contributed by atoms with van der Waals surface area (Å²) in [6.45, 7) is -0.607. The standard InChI is InChI=1S/C32H43F3O/c1-23-6-8-24(9-7-23)4-2-3-5-25-12-17-28(18-13-25)29-19-14-26(15-20-29)10-11-27-16-21-31(30(33)22-27)36-32(34)35/h14-16,19-25,28,32H,2-13,17-18H2,1H3. The van der Waals surface area contributed by atoms with Crippen LogP contribution < -0.4 is 4.74 Å². The summed E-state index contributed by atoms with van der Waals surface area (Å²) in [6, 6.07) is 13.2. The van der Waals surface area contributed by atoms with Gasteiger partial charge in [-0.1, -0.05) is 88.6 Å². The number of rotatable bonds is 11. The van der Waals surface area contributed by atoms with Crippen LogP contribution in [-0.4, -0.2) is 6.61 Å². The largest absolute Gasteiger partial charge is 0.432 e. The van der Waals surface area contributed by atoms with Crippen LogP contribution in [0.1, 0.15) is 107 Å². The quantitative estimate of drug-likeness (QED) is 0.279. The highest BCUT2D eigenvalue weighted by atomic mass is 19.3. The lowest BCUT2D eigenvalue weighted by molar-refractivity contribution is -0.0522. The molecule has 4 rings (SSSR count). The fourth-order valence-electron chi connectivity index (χ4n) is 6.40. The van der Waals surface area contributed by atoms with Crippen LogP contribution in [0.15, 0.2) is 42.5 Å². The zero-order valence-electron chi connectivity index (χ0n) is 21.9. The number of halogens is 3. The molecule has 0 N–H and O–H groups in total. The number of aryl methyl sites for hydroxylation is 2. The number of hydrogen-bond acceptors (Lipinski definition) is 1. The molecule has 2 aromatic carbocycles. The second-order valence-electron chi connectivity index (χ2n) is 11.5. The molecule has 0 amide bonds. The molecule has 0 saturated heterocycles. The molecular formula is C32H43F3O. The second kappa shape index (κ2) is 13.5. The van der Waals surface area contributed by atoms with Gasteiger partial charge in [0.2, 0.25) is 0 Å². The number of hydrogen-bond donors (Lipinski definition) is 0. The number of benzene rings is 2. The summed E-state index contributed by atoms with van der Waals surface area (Å²) >= 11 is 0. The van der Waals surface area contributed by atoms with Gasteiger partial charge in [-0.3, -0.25) is 0 Å². The molecule has 0 unspecified atom stereocenters. The SMILES string of the molecule is CC1CCC(CCCCC2CCC(c3ccc(CCc4ccc(OC(F)F)c(F)c4)cc3)CC2)CC1. The Morgan fingerprint density at radius 3 is 1.89 bits per heavy atom. The third kappa shape index (κ3) is 8.28. The zero-order chi connectivity index (χ0) is 25.3. The lowest BCUT2D eigenvalue weighted by Gasteiger charge is -2.29. The number of unbranched alkanes of at least 4 members (excludes halogenated alkanes) is 1. The van der Waals surface area contributed by atoms with Crippen molar-refractivity contribution in [3.05, 3.63) is 65.0 Å². The molecule has 2 fully saturated rings. The Kier molecular flexibility index (Phi) is 10.2. The van der Waals surface area contributed by atoms with Crippen LogP contribution in [-0.2, 0) is 12.8 Å². The molecule has 0 radical (unpaired) electrons. The fraction of sp³-hybridized carbons (Fsp3) is 0.625. The fourth-order valence-corrected chi connectivity index (χ4v) is 6.40. The first-order valence-electron chi connectivity index (χ1n) is 14.3. The van der Waals surface area contributed by atoms with Crippen molar-refractivity contribution < 1.29 is 17.9 Å². The van der Waals surface area contributed by atoms with Gasteiger partial charge in [0.1, 0.15) is 0 Å². The number of alkyl halides is 2. The van der Waals surface area contributed by atoms with E-state index in [1.807, 2.05) is 0 Å². The van der Waals surface area contributed by atoms with Crippen molar-refractivity contribution in [2.45, 2.75) is 109 Å². The summed E-state index contributed by atoms with van der Waals surface area (Å²) in [7, 11) is 0. The summed E-state index contributed by atoms with van der Waals surface area (Å²) in [5.74, 6) is 2.43. The van der Waals surface area contributed by atoms with Gasteiger partial charge in [0.05, 0.1) is 0 Å². The normalized spacial score (nSPS) is 24.7. The summed E-state index contributed by atoms with van der Waals surface area (Å²) in [4.78, 5) is 0. The highest BCUT2D eigenvalue weighted by Gasteiger charge is 2.23. The van der Waals surface area contributed by atoms with Gasteiger partial charge in [0, 0.05) is 0 Å². The molecule has 0 aromatic heterocycles. The van der Waals surface area contributed by atoms with E-state index in [4.69, 9.17) is 0 Å². The van der Waals surface area contributed by atoms with E-state index in [9.17, 15) is 13.2 Å². The molecular weight excluding hydrogens is 457 g/mol. The van der Waals surface area contributed by atoms with E-state index in [1.54, 1.807) is 6.07 Å². The molecule has 4 heteroatoms. The van der Waals surface area contributed by atoms with E-state index < -0.39 is 18.2 Å². The van der Waals surface area contributed by atoms with Crippen molar-refractivity contribution in [1.82, 2.24) is 0 Å². The molecule has 2 aliphatic rings. The summed E-state index contributed by atoms with van der Waals surface area (Å²) in [6.07, 6.45) is 18.4. The molecule has 0 aliphatic heterocycles. The minimum absolute atomic E-state index is 0.401. The minimum Gasteiger partial charge on any atom is -0.432 e. The summed E-state index contributed by atoms with van der Waals surface area (Å²) in [5, 5.41) is 0. The van der Waals surface area contributed by atoms with Gasteiger partial charge >= 0.3 is 6.61 Å². The van der Waals surface area contributed by atoms with Gasteiger partial charge in [-0.25, -0.2) is 4.39 Å². The van der Waals surface area contributed by atoms with Crippen molar-refractivity contribution in [1.29, 1.82) is 0 Å². The van der Waals surface area contributed by atoms with Crippen molar-refractivity contribution in [3.8, 4) is 5.75 Å². The van der Waals surface area contributed by atoms with Crippen LogP contribution in [0.25, 0.3) is 0 Å². The van der Waals surface area contributed by atoms with Gasteiger partial charge in [-0.2, -0.15) is 8.78 Å². The average Bonchev–Trinajstić information content (AvgIpc) is 2.88. The Hall–Kier alpha value is -1.97. The maximum absolute atomic E-state index is 13.9. The van der Waals surface area contributed by atoms with Crippen LogP contribution in [0.5, 0.6) is 5.75 Å². The maximum atomic E-state index is 13.9. The molecule has 0 heterocycles. The van der Waals surface area contributed by atoms with Gasteiger partial charge in [0.25, 0.3) is 0 Å². The zero-order valence-corrected chi connectivity index (χ0v) is 21.9. The first-order chi connectivity index (χ1) is 17.5. The highest BCUT2D eigenvalue weighted by Crippen LogP contribution is 2.38. The average molecular weight is 501 g/mol. The molecule has 2 saturated carbocycles. The Bertz CT molecular complexity index is 909. The predicted octanol–water partition coefficient (Wildman–Crippen LogP) is 9.87. The van der Waals surface area contributed by atoms with Gasteiger partial charge < -0.3 is 4.74 Å². The lowest BCUT2D eigenvalue weighted by Crippen LogP contribution is -2.14. The Balaban J connectivity index is 1.14. The number of ether oxygens (including phenoxy) is 1. The Morgan fingerprint density at radius 1 is 0.750 bits per heavy atom. The summed E-state index contributed by atoms with van der Waals surface area (Å²) in [5.41, 5.74) is 3.45. The van der Waals surface area contributed by atoms with E-state index in [0.717, 1.165) is 29.7 Å². The van der Waals surface area contributed by atoms with Gasteiger partial charge in [-0.05, 0) is 91.0 Å². The topological polar surface area (TPSA) is 9.23 Å². The highest BCUT2D eigenvalue weighted by molar-refractivity contribution is 5.31. The second-order valence-corrected chi connectivity index (χ2v) is 11.5. The van der Waals surface area contributed by atoms with Crippen molar-refractivity contribution >= 4 is 0 Å². The van der Waals surface area contributed by atoms with E-state index in [0.29, 0.717) is 12.3 Å². The first kappa shape index (κ1) is 27.1. The van der Waals surface area contributed by atoms with E-state index in [1.165, 1.54) is 100 Å². The van der Waals surface area contributed by atoms with Crippen molar-refractivity contribution in [2.24, 2.45) is 17.8 Å².